The Morgan fingerprint density at radius 2 is 1.79 bits per heavy atom. The molecule has 0 radical (unpaired) electrons. The lowest BCUT2D eigenvalue weighted by molar-refractivity contribution is 0.0736. The van der Waals surface area contributed by atoms with Gasteiger partial charge in [-0.1, -0.05) is 30.3 Å². The fourth-order valence-corrected chi connectivity index (χ4v) is 3.60. The molecular weight excluding hydrogens is 298 g/mol. The lowest BCUT2D eigenvalue weighted by Crippen LogP contribution is -2.46. The van der Waals surface area contributed by atoms with Crippen LogP contribution < -0.4 is 5.32 Å². The van der Waals surface area contributed by atoms with Gasteiger partial charge in [-0.15, -0.1) is 0 Å². The smallest absolute Gasteiger partial charge is 0.253 e. The van der Waals surface area contributed by atoms with E-state index in [0.717, 1.165) is 43.1 Å². The zero-order valence-corrected chi connectivity index (χ0v) is 13.8. The van der Waals surface area contributed by atoms with Gasteiger partial charge in [0.25, 0.3) is 5.91 Å². The summed E-state index contributed by atoms with van der Waals surface area (Å²) in [5.74, 6) is 0.324. The summed E-state index contributed by atoms with van der Waals surface area (Å²) >= 11 is 0. The molecule has 1 N–H and O–H groups in total. The summed E-state index contributed by atoms with van der Waals surface area (Å²) in [6, 6.07) is 16.3. The van der Waals surface area contributed by atoms with Crippen LogP contribution >= 0.6 is 0 Å². The molecule has 4 nitrogen and oxygen atoms in total. The molecule has 2 aromatic rings. The van der Waals surface area contributed by atoms with Crippen molar-refractivity contribution in [3.8, 4) is 0 Å². The quantitative estimate of drug-likeness (QED) is 0.925. The van der Waals surface area contributed by atoms with Gasteiger partial charge in [-0.3, -0.25) is 9.79 Å². The molecule has 1 fully saturated rings. The number of hydrogen-bond acceptors (Lipinski definition) is 3. The molecule has 1 atom stereocenters. The highest BCUT2D eigenvalue weighted by molar-refractivity contribution is 5.99. The van der Waals surface area contributed by atoms with E-state index in [1.807, 2.05) is 23.1 Å². The summed E-state index contributed by atoms with van der Waals surface area (Å²) < 4.78 is 0. The third-order valence-corrected chi connectivity index (χ3v) is 4.86. The van der Waals surface area contributed by atoms with Crippen molar-refractivity contribution in [1.82, 2.24) is 10.2 Å². The zero-order valence-electron chi connectivity index (χ0n) is 13.8. The fraction of sp³-hybridized carbons (Fsp3) is 0.300. The standard InChI is InChI=1S/C20H21N3O/c1-14-19(17-4-2-3-5-18(17)22-14)15-6-8-16(9-7-15)20(24)23-12-10-21-11-13-23/h2-9,19,21H,10-13H2,1H3. The minimum atomic E-state index is 0.125. The van der Waals surface area contributed by atoms with Gasteiger partial charge in [-0.05, 0) is 36.2 Å². The number of carbonyl (C=O) groups is 1. The van der Waals surface area contributed by atoms with Crippen LogP contribution in [0.5, 0.6) is 0 Å². The molecule has 4 rings (SSSR count). The third-order valence-electron chi connectivity index (χ3n) is 4.86. The number of carbonyl (C=O) groups excluding carboxylic acids is 1. The Morgan fingerprint density at radius 3 is 2.54 bits per heavy atom. The molecule has 2 aromatic carbocycles. The Bertz CT molecular complexity index is 789. The number of piperazine rings is 1. The molecule has 1 amide bonds. The maximum absolute atomic E-state index is 12.6. The lowest BCUT2D eigenvalue weighted by Gasteiger charge is -2.27. The van der Waals surface area contributed by atoms with E-state index in [9.17, 15) is 4.79 Å². The Kier molecular flexibility index (Phi) is 3.90. The molecule has 1 saturated heterocycles. The number of aliphatic imine (C=N–C) groups is 1. The van der Waals surface area contributed by atoms with Crippen LogP contribution in [0.2, 0.25) is 0 Å². The van der Waals surface area contributed by atoms with Gasteiger partial charge in [0.1, 0.15) is 0 Å². The maximum Gasteiger partial charge on any atom is 0.253 e. The number of rotatable bonds is 2. The number of nitrogens with zero attached hydrogens (tertiary/aromatic N) is 2. The van der Waals surface area contributed by atoms with E-state index in [2.05, 4.69) is 47.6 Å². The summed E-state index contributed by atoms with van der Waals surface area (Å²) in [6.45, 7) is 5.38. The van der Waals surface area contributed by atoms with Crippen LogP contribution in [0.1, 0.15) is 34.3 Å². The van der Waals surface area contributed by atoms with E-state index in [1.165, 1.54) is 11.1 Å². The van der Waals surface area contributed by atoms with Crippen LogP contribution in [0.3, 0.4) is 0 Å². The molecule has 2 aliphatic rings. The van der Waals surface area contributed by atoms with E-state index in [-0.39, 0.29) is 11.8 Å². The van der Waals surface area contributed by atoms with E-state index < -0.39 is 0 Å². The van der Waals surface area contributed by atoms with E-state index >= 15 is 0 Å². The number of benzene rings is 2. The van der Waals surface area contributed by atoms with Crippen LogP contribution in [-0.2, 0) is 0 Å². The van der Waals surface area contributed by atoms with Crippen molar-refractivity contribution in [2.75, 3.05) is 26.2 Å². The first kappa shape index (κ1) is 15.1. The third kappa shape index (κ3) is 2.63. The average molecular weight is 319 g/mol. The van der Waals surface area contributed by atoms with Crippen molar-refractivity contribution < 1.29 is 4.79 Å². The summed E-state index contributed by atoms with van der Waals surface area (Å²) in [5.41, 5.74) is 5.37. The zero-order chi connectivity index (χ0) is 16.5. The topological polar surface area (TPSA) is 44.7 Å². The molecule has 2 aliphatic heterocycles. The molecule has 2 heterocycles. The molecule has 0 aliphatic carbocycles. The first-order valence-corrected chi connectivity index (χ1v) is 8.48. The predicted molar refractivity (Wildman–Crippen MR) is 96.3 cm³/mol. The molecule has 24 heavy (non-hydrogen) atoms. The van der Waals surface area contributed by atoms with Crippen LogP contribution in [-0.4, -0.2) is 42.7 Å². The molecule has 0 bridgehead atoms. The van der Waals surface area contributed by atoms with Gasteiger partial charge in [0.15, 0.2) is 0 Å². The predicted octanol–water partition coefficient (Wildman–Crippen LogP) is 2.97. The van der Waals surface area contributed by atoms with E-state index in [4.69, 9.17) is 0 Å². The van der Waals surface area contributed by atoms with Crippen LogP contribution in [0.25, 0.3) is 0 Å². The Labute approximate surface area is 142 Å². The van der Waals surface area contributed by atoms with Gasteiger partial charge in [0, 0.05) is 43.4 Å². The summed E-state index contributed by atoms with van der Waals surface area (Å²) in [7, 11) is 0. The van der Waals surface area contributed by atoms with Gasteiger partial charge >= 0.3 is 0 Å². The van der Waals surface area contributed by atoms with E-state index in [1.54, 1.807) is 0 Å². The van der Waals surface area contributed by atoms with Gasteiger partial charge in [0.05, 0.1) is 5.69 Å². The Balaban J connectivity index is 1.58. The molecule has 0 aromatic heterocycles. The largest absolute Gasteiger partial charge is 0.336 e. The maximum atomic E-state index is 12.6. The SMILES string of the molecule is CC1=Nc2ccccc2C1c1ccc(C(=O)N2CCNCC2)cc1. The second kappa shape index (κ2) is 6.21. The number of amides is 1. The van der Waals surface area contributed by atoms with Gasteiger partial charge in [-0.25, -0.2) is 0 Å². The first-order chi connectivity index (χ1) is 11.7. The minimum Gasteiger partial charge on any atom is -0.336 e. The molecule has 1 unspecified atom stereocenters. The molecule has 0 saturated carbocycles. The highest BCUT2D eigenvalue weighted by atomic mass is 16.2. The number of para-hydroxylation sites is 1. The molecular formula is C20H21N3O. The normalized spacial score (nSPS) is 19.8. The Morgan fingerprint density at radius 1 is 1.08 bits per heavy atom. The summed E-state index contributed by atoms with van der Waals surface area (Å²) in [6.07, 6.45) is 0. The number of nitrogens with one attached hydrogen (secondary N) is 1. The van der Waals surface area contributed by atoms with Crippen molar-refractivity contribution in [2.45, 2.75) is 12.8 Å². The summed E-state index contributed by atoms with van der Waals surface area (Å²) in [5, 5.41) is 3.27. The average Bonchev–Trinajstić information content (AvgIpc) is 2.98. The van der Waals surface area contributed by atoms with Crippen LogP contribution in [0.4, 0.5) is 5.69 Å². The highest BCUT2D eigenvalue weighted by Crippen LogP contribution is 2.39. The van der Waals surface area contributed by atoms with Crippen molar-refractivity contribution in [3.05, 3.63) is 65.2 Å². The molecule has 122 valence electrons. The minimum absolute atomic E-state index is 0.125. The second-order valence-corrected chi connectivity index (χ2v) is 6.41. The molecule has 4 heteroatoms. The van der Waals surface area contributed by atoms with Crippen molar-refractivity contribution >= 4 is 17.3 Å². The monoisotopic (exact) mass is 319 g/mol. The van der Waals surface area contributed by atoms with Gasteiger partial charge in [-0.2, -0.15) is 0 Å². The molecule has 0 spiro atoms. The van der Waals surface area contributed by atoms with Gasteiger partial charge < -0.3 is 10.2 Å². The van der Waals surface area contributed by atoms with Crippen LogP contribution in [0, 0.1) is 0 Å². The van der Waals surface area contributed by atoms with Crippen molar-refractivity contribution in [3.63, 3.8) is 0 Å². The lowest BCUT2D eigenvalue weighted by atomic mass is 9.89. The van der Waals surface area contributed by atoms with Crippen LogP contribution in [0.15, 0.2) is 53.5 Å². The number of hydrogen-bond donors (Lipinski definition) is 1. The van der Waals surface area contributed by atoms with Gasteiger partial charge in [0.2, 0.25) is 0 Å². The Hall–Kier alpha value is -2.46. The second-order valence-electron chi connectivity index (χ2n) is 6.41. The van der Waals surface area contributed by atoms with Crippen molar-refractivity contribution in [2.24, 2.45) is 4.99 Å². The highest BCUT2D eigenvalue weighted by Gasteiger charge is 2.26. The summed E-state index contributed by atoms with van der Waals surface area (Å²) in [4.78, 5) is 19.2. The van der Waals surface area contributed by atoms with E-state index in [0.29, 0.717) is 0 Å². The fourth-order valence-electron chi connectivity index (χ4n) is 3.60. The first-order valence-electron chi connectivity index (χ1n) is 8.48. The number of fused-ring (bicyclic) bond motifs is 1. The van der Waals surface area contributed by atoms with Crippen molar-refractivity contribution in [1.29, 1.82) is 0 Å².